The van der Waals surface area contributed by atoms with Crippen molar-refractivity contribution in [3.05, 3.63) is 71.0 Å². The maximum atomic E-state index is 13.3. The van der Waals surface area contributed by atoms with Gasteiger partial charge >= 0.3 is 0 Å². The third kappa shape index (κ3) is 3.77. The van der Waals surface area contributed by atoms with Crippen LogP contribution in [0.4, 0.5) is 5.69 Å². The summed E-state index contributed by atoms with van der Waals surface area (Å²) in [6.45, 7) is 9.64. The summed E-state index contributed by atoms with van der Waals surface area (Å²) in [5, 5.41) is 10.8. The number of hydrogen-bond donors (Lipinski definition) is 1. The lowest BCUT2D eigenvalue weighted by molar-refractivity contribution is -0.123. The number of rotatable bonds is 5. The van der Waals surface area contributed by atoms with E-state index in [1.54, 1.807) is 20.8 Å². The number of Topliss-reactive ketones (excluding diaryl/α,β-unsaturated/α-hetero) is 1. The molecule has 1 amide bonds. The topological polar surface area (TPSA) is 66.8 Å². The number of aryl methyl sites for hydroxylation is 1. The van der Waals surface area contributed by atoms with E-state index in [4.69, 9.17) is 4.74 Å². The molecule has 0 bridgehead atoms. The molecule has 1 N–H and O–H groups in total. The first kappa shape index (κ1) is 20.6. The summed E-state index contributed by atoms with van der Waals surface area (Å²) in [4.78, 5) is 27.9. The van der Waals surface area contributed by atoms with Gasteiger partial charge in [0.05, 0.1) is 18.2 Å². The van der Waals surface area contributed by atoms with Crippen molar-refractivity contribution in [2.24, 2.45) is 5.41 Å². The van der Waals surface area contributed by atoms with Gasteiger partial charge in [-0.05, 0) is 43.2 Å². The van der Waals surface area contributed by atoms with Crippen molar-refractivity contribution < 1.29 is 19.4 Å². The van der Waals surface area contributed by atoms with Crippen LogP contribution in [0, 0.1) is 12.3 Å². The van der Waals surface area contributed by atoms with Crippen molar-refractivity contribution in [2.45, 2.75) is 40.7 Å². The molecule has 1 aliphatic rings. The lowest BCUT2D eigenvalue weighted by Gasteiger charge is -2.30. The number of anilines is 1. The zero-order chi connectivity index (χ0) is 21.3. The van der Waals surface area contributed by atoms with E-state index in [0.29, 0.717) is 23.6 Å². The molecule has 0 radical (unpaired) electrons. The van der Waals surface area contributed by atoms with Crippen LogP contribution in [0.2, 0.25) is 0 Å². The quantitative estimate of drug-likeness (QED) is 0.784. The van der Waals surface area contributed by atoms with Crippen LogP contribution in [0.25, 0.3) is 0 Å². The van der Waals surface area contributed by atoms with Gasteiger partial charge in [0.25, 0.3) is 5.91 Å². The Kier molecular flexibility index (Phi) is 5.51. The molecule has 0 aromatic heterocycles. The Morgan fingerprint density at radius 3 is 2.45 bits per heavy atom. The highest BCUT2D eigenvalue weighted by molar-refractivity contribution is 6.17. The van der Waals surface area contributed by atoms with Crippen molar-refractivity contribution in [3.8, 4) is 5.75 Å². The van der Waals surface area contributed by atoms with Crippen LogP contribution in [0.5, 0.6) is 5.75 Å². The summed E-state index contributed by atoms with van der Waals surface area (Å²) in [7, 11) is 0. The normalized spacial score (nSPS) is 17.1. The third-order valence-corrected chi connectivity index (χ3v) is 4.99. The predicted molar refractivity (Wildman–Crippen MR) is 113 cm³/mol. The van der Waals surface area contributed by atoms with Crippen LogP contribution in [0.3, 0.4) is 0 Å². The first-order valence-electron chi connectivity index (χ1n) is 9.76. The Bertz CT molecular complexity index is 984. The van der Waals surface area contributed by atoms with E-state index in [0.717, 1.165) is 5.56 Å². The summed E-state index contributed by atoms with van der Waals surface area (Å²) in [5.41, 5.74) is 1.63. The summed E-state index contributed by atoms with van der Waals surface area (Å²) in [6, 6.07) is 14.0. The largest absolute Gasteiger partial charge is 0.503 e. The van der Waals surface area contributed by atoms with Crippen molar-refractivity contribution in [3.63, 3.8) is 0 Å². The minimum atomic E-state index is -0.749. The van der Waals surface area contributed by atoms with Crippen LogP contribution in [-0.2, 0) is 9.59 Å². The number of ether oxygens (including phenoxy) is 1. The number of benzene rings is 2. The number of nitrogens with zero attached hydrogens (tertiary/aromatic N) is 1. The molecule has 0 spiro atoms. The fraction of sp³-hybridized carbons (Fsp3) is 0.333. The number of aliphatic hydroxyl groups excluding tert-OH is 1. The Morgan fingerprint density at radius 2 is 1.83 bits per heavy atom. The number of ketones is 1. The summed E-state index contributed by atoms with van der Waals surface area (Å²) in [6.07, 6.45) is 0. The molecule has 5 heteroatoms. The number of carbonyl (C=O) groups excluding carboxylic acids is 2. The van der Waals surface area contributed by atoms with E-state index >= 15 is 0 Å². The highest BCUT2D eigenvalue weighted by atomic mass is 16.5. The van der Waals surface area contributed by atoms with Crippen molar-refractivity contribution >= 4 is 17.4 Å². The molecule has 2 aromatic rings. The van der Waals surface area contributed by atoms with Crippen LogP contribution in [0.1, 0.15) is 44.9 Å². The van der Waals surface area contributed by atoms with Crippen molar-refractivity contribution in [2.75, 3.05) is 11.5 Å². The third-order valence-electron chi connectivity index (χ3n) is 4.99. The predicted octanol–water partition coefficient (Wildman–Crippen LogP) is 4.91. The van der Waals surface area contributed by atoms with E-state index < -0.39 is 23.1 Å². The van der Waals surface area contributed by atoms with Gasteiger partial charge < -0.3 is 9.84 Å². The van der Waals surface area contributed by atoms with Crippen LogP contribution < -0.4 is 9.64 Å². The molecule has 1 aliphatic heterocycles. The van der Waals surface area contributed by atoms with Gasteiger partial charge in [-0.25, -0.2) is 0 Å². The zero-order valence-corrected chi connectivity index (χ0v) is 17.5. The average molecular weight is 393 g/mol. The molecular weight excluding hydrogens is 366 g/mol. The Morgan fingerprint density at radius 1 is 1.14 bits per heavy atom. The lowest BCUT2D eigenvalue weighted by atomic mass is 9.82. The number of aliphatic hydroxyl groups is 1. The van der Waals surface area contributed by atoms with E-state index in [2.05, 4.69) is 0 Å². The molecule has 3 rings (SSSR count). The molecule has 0 saturated heterocycles. The zero-order valence-electron chi connectivity index (χ0n) is 17.5. The van der Waals surface area contributed by atoms with Gasteiger partial charge in [0.2, 0.25) is 0 Å². The number of amides is 1. The van der Waals surface area contributed by atoms with Gasteiger partial charge in [0.1, 0.15) is 5.75 Å². The first-order chi connectivity index (χ1) is 13.7. The van der Waals surface area contributed by atoms with Crippen LogP contribution in [0.15, 0.2) is 59.9 Å². The molecule has 1 unspecified atom stereocenters. The monoisotopic (exact) mass is 393 g/mol. The standard InChI is InChI=1S/C24H27NO4/c1-6-29-17-12-9-11-16(14-17)20-19(22(27)24(3,4)5)21(26)23(28)25(20)18-13-8-7-10-15(18)2/h7-14,20,26H,6H2,1-5H3. The molecule has 0 fully saturated rings. The molecule has 5 nitrogen and oxygen atoms in total. The summed E-state index contributed by atoms with van der Waals surface area (Å²) < 4.78 is 5.62. The lowest BCUT2D eigenvalue weighted by Crippen LogP contribution is -2.33. The molecule has 1 atom stereocenters. The van der Waals surface area contributed by atoms with Gasteiger partial charge in [-0.2, -0.15) is 0 Å². The van der Waals surface area contributed by atoms with Crippen LogP contribution >= 0.6 is 0 Å². The Balaban J connectivity index is 2.23. The molecule has 152 valence electrons. The SMILES string of the molecule is CCOc1cccc(C2C(C(=O)C(C)(C)C)=C(O)C(=O)N2c2ccccc2C)c1. The second-order valence-electron chi connectivity index (χ2n) is 8.21. The summed E-state index contributed by atoms with van der Waals surface area (Å²) in [5.74, 6) is -0.666. The number of hydrogen-bond acceptors (Lipinski definition) is 4. The fourth-order valence-corrected chi connectivity index (χ4v) is 3.58. The van der Waals surface area contributed by atoms with Gasteiger partial charge in [-0.1, -0.05) is 51.1 Å². The number of carbonyl (C=O) groups is 2. The highest BCUT2D eigenvalue weighted by Gasteiger charge is 2.47. The Hall–Kier alpha value is -3.08. The van der Waals surface area contributed by atoms with Gasteiger partial charge in [-0.15, -0.1) is 0 Å². The maximum Gasteiger partial charge on any atom is 0.294 e. The van der Waals surface area contributed by atoms with E-state index in [1.165, 1.54) is 4.90 Å². The maximum absolute atomic E-state index is 13.3. The second kappa shape index (κ2) is 7.74. The Labute approximate surface area is 171 Å². The van der Waals surface area contributed by atoms with Crippen molar-refractivity contribution in [1.82, 2.24) is 0 Å². The first-order valence-corrected chi connectivity index (χ1v) is 9.76. The van der Waals surface area contributed by atoms with Crippen LogP contribution in [-0.4, -0.2) is 23.4 Å². The molecular formula is C24H27NO4. The molecule has 0 aliphatic carbocycles. The van der Waals surface area contributed by atoms with Crippen molar-refractivity contribution in [1.29, 1.82) is 0 Å². The second-order valence-corrected chi connectivity index (χ2v) is 8.21. The molecule has 2 aromatic carbocycles. The fourth-order valence-electron chi connectivity index (χ4n) is 3.58. The van der Waals surface area contributed by atoms with Gasteiger partial charge in [-0.3, -0.25) is 14.5 Å². The number of para-hydroxylation sites is 1. The molecule has 29 heavy (non-hydrogen) atoms. The smallest absolute Gasteiger partial charge is 0.294 e. The van der Waals surface area contributed by atoms with Gasteiger partial charge in [0, 0.05) is 11.1 Å². The van der Waals surface area contributed by atoms with E-state index in [1.807, 2.05) is 62.4 Å². The molecule has 1 heterocycles. The van der Waals surface area contributed by atoms with Gasteiger partial charge in [0.15, 0.2) is 11.5 Å². The minimum Gasteiger partial charge on any atom is -0.503 e. The average Bonchev–Trinajstić information content (AvgIpc) is 2.92. The highest BCUT2D eigenvalue weighted by Crippen LogP contribution is 2.44. The van der Waals surface area contributed by atoms with E-state index in [-0.39, 0.29) is 11.4 Å². The van der Waals surface area contributed by atoms with E-state index in [9.17, 15) is 14.7 Å². The minimum absolute atomic E-state index is 0.124. The summed E-state index contributed by atoms with van der Waals surface area (Å²) >= 11 is 0. The molecule has 0 saturated carbocycles.